The highest BCUT2D eigenvalue weighted by Crippen LogP contribution is 2.31. The van der Waals surface area contributed by atoms with Gasteiger partial charge in [-0.05, 0) is 61.9 Å². The van der Waals surface area contributed by atoms with Gasteiger partial charge >= 0.3 is 0 Å². The van der Waals surface area contributed by atoms with E-state index in [1.807, 2.05) is 44.2 Å². The van der Waals surface area contributed by atoms with Gasteiger partial charge in [0.05, 0.1) is 11.5 Å². The Morgan fingerprint density at radius 2 is 1.83 bits per heavy atom. The molecule has 3 heteroatoms. The second-order valence-corrected chi connectivity index (χ2v) is 7.19. The highest BCUT2D eigenvalue weighted by atomic mass is 35.5. The molecule has 3 rings (SSSR count). The third kappa shape index (κ3) is 3.28. The van der Waals surface area contributed by atoms with Crippen molar-refractivity contribution in [2.45, 2.75) is 44.6 Å². The molecule has 1 N–H and O–H groups in total. The summed E-state index contributed by atoms with van der Waals surface area (Å²) in [6.07, 6.45) is 3.21. The van der Waals surface area contributed by atoms with E-state index < -0.39 is 5.41 Å². The van der Waals surface area contributed by atoms with Gasteiger partial charge in [-0.2, -0.15) is 0 Å². The van der Waals surface area contributed by atoms with Crippen molar-refractivity contribution in [2.24, 2.45) is 0 Å². The summed E-state index contributed by atoms with van der Waals surface area (Å²) >= 11 is 5.95. The number of nitrogens with one attached hydrogen (secondary N) is 1. The Hall–Kier alpha value is -1.80. The summed E-state index contributed by atoms with van der Waals surface area (Å²) in [4.78, 5) is 12.9. The van der Waals surface area contributed by atoms with Gasteiger partial charge in [-0.15, -0.1) is 0 Å². The van der Waals surface area contributed by atoms with E-state index in [1.165, 1.54) is 11.1 Å². The molecular formula is C20H22ClNO. The van der Waals surface area contributed by atoms with Gasteiger partial charge in [0.25, 0.3) is 0 Å². The molecule has 0 unspecified atom stereocenters. The lowest BCUT2D eigenvalue weighted by Gasteiger charge is -2.31. The number of rotatable bonds is 3. The van der Waals surface area contributed by atoms with Crippen LogP contribution in [0.4, 0.5) is 0 Å². The SMILES string of the molecule is CC(C)(C(=O)N[C@H]1CCCc2ccccc21)c1ccc(Cl)cc1. The first-order valence-corrected chi connectivity index (χ1v) is 8.51. The molecule has 0 saturated heterocycles. The van der Waals surface area contributed by atoms with Gasteiger partial charge in [0, 0.05) is 5.02 Å². The van der Waals surface area contributed by atoms with E-state index in [2.05, 4.69) is 23.5 Å². The maximum absolute atomic E-state index is 12.9. The maximum atomic E-state index is 12.9. The van der Waals surface area contributed by atoms with Crippen LogP contribution in [0, 0.1) is 0 Å². The standard InChI is InChI=1S/C20H22ClNO/c1-20(2,15-10-12-16(21)13-11-15)19(23)22-18-9-5-7-14-6-3-4-8-17(14)18/h3-4,6,8,10-13,18H,5,7,9H2,1-2H3,(H,22,23)/t18-/m0/s1. The lowest BCUT2D eigenvalue weighted by Crippen LogP contribution is -2.42. The van der Waals surface area contributed by atoms with Crippen molar-refractivity contribution in [1.29, 1.82) is 0 Å². The van der Waals surface area contributed by atoms with Crippen LogP contribution >= 0.6 is 11.6 Å². The molecule has 0 bridgehead atoms. The average molecular weight is 328 g/mol. The van der Waals surface area contributed by atoms with Crippen LogP contribution in [0.3, 0.4) is 0 Å². The Kier molecular flexibility index (Phi) is 4.45. The van der Waals surface area contributed by atoms with Crippen LogP contribution < -0.4 is 5.32 Å². The topological polar surface area (TPSA) is 29.1 Å². The van der Waals surface area contributed by atoms with Gasteiger partial charge in [-0.1, -0.05) is 48.0 Å². The third-order valence-corrected chi connectivity index (χ3v) is 5.06. The van der Waals surface area contributed by atoms with Crippen LogP contribution in [-0.2, 0) is 16.6 Å². The number of carbonyl (C=O) groups excluding carboxylic acids is 1. The Morgan fingerprint density at radius 1 is 1.13 bits per heavy atom. The Morgan fingerprint density at radius 3 is 2.57 bits per heavy atom. The van der Waals surface area contributed by atoms with Crippen LogP contribution in [0.2, 0.25) is 5.02 Å². The molecule has 2 aromatic rings. The summed E-state index contributed by atoms with van der Waals surface area (Å²) in [6.45, 7) is 3.92. The van der Waals surface area contributed by atoms with E-state index in [0.29, 0.717) is 5.02 Å². The third-order valence-electron chi connectivity index (χ3n) is 4.81. The quantitative estimate of drug-likeness (QED) is 0.861. The van der Waals surface area contributed by atoms with Crippen LogP contribution in [0.15, 0.2) is 48.5 Å². The van der Waals surface area contributed by atoms with E-state index in [9.17, 15) is 4.79 Å². The zero-order chi connectivity index (χ0) is 16.4. The van der Waals surface area contributed by atoms with Crippen molar-refractivity contribution in [3.63, 3.8) is 0 Å². The molecule has 1 aliphatic rings. The van der Waals surface area contributed by atoms with Gasteiger partial charge in [0.15, 0.2) is 0 Å². The van der Waals surface area contributed by atoms with Crippen LogP contribution in [0.5, 0.6) is 0 Å². The number of halogens is 1. The molecule has 1 aliphatic carbocycles. The van der Waals surface area contributed by atoms with Gasteiger partial charge in [-0.25, -0.2) is 0 Å². The first-order chi connectivity index (χ1) is 11.0. The molecule has 0 spiro atoms. The number of aryl methyl sites for hydroxylation is 1. The number of amides is 1. The van der Waals surface area contributed by atoms with Crippen molar-refractivity contribution >= 4 is 17.5 Å². The second kappa shape index (κ2) is 6.37. The lowest BCUT2D eigenvalue weighted by molar-refractivity contribution is -0.126. The first kappa shape index (κ1) is 16.1. The molecule has 0 radical (unpaired) electrons. The molecule has 23 heavy (non-hydrogen) atoms. The number of hydrogen-bond acceptors (Lipinski definition) is 1. The average Bonchev–Trinajstić information content (AvgIpc) is 2.55. The Bertz CT molecular complexity index is 706. The Balaban J connectivity index is 1.80. The minimum Gasteiger partial charge on any atom is -0.349 e. The molecule has 120 valence electrons. The normalized spacial score (nSPS) is 17.4. The van der Waals surface area contributed by atoms with E-state index in [1.54, 1.807) is 0 Å². The molecule has 2 nitrogen and oxygen atoms in total. The van der Waals surface area contributed by atoms with Crippen molar-refractivity contribution < 1.29 is 4.79 Å². The highest BCUT2D eigenvalue weighted by molar-refractivity contribution is 6.30. The summed E-state index contributed by atoms with van der Waals surface area (Å²) in [5.41, 5.74) is 3.01. The van der Waals surface area contributed by atoms with Crippen LogP contribution in [0.1, 0.15) is 49.4 Å². The summed E-state index contributed by atoms with van der Waals surface area (Å²) in [6, 6.07) is 16.1. The monoisotopic (exact) mass is 327 g/mol. The van der Waals surface area contributed by atoms with Crippen molar-refractivity contribution in [3.8, 4) is 0 Å². The van der Waals surface area contributed by atoms with Gasteiger partial charge < -0.3 is 5.32 Å². The molecule has 0 fully saturated rings. The Labute approximate surface area is 142 Å². The van der Waals surface area contributed by atoms with E-state index >= 15 is 0 Å². The fraction of sp³-hybridized carbons (Fsp3) is 0.350. The lowest BCUT2D eigenvalue weighted by atomic mass is 9.82. The fourth-order valence-electron chi connectivity index (χ4n) is 3.24. The molecule has 0 aliphatic heterocycles. The highest BCUT2D eigenvalue weighted by Gasteiger charge is 2.32. The minimum absolute atomic E-state index is 0.0570. The van der Waals surface area contributed by atoms with Crippen molar-refractivity contribution in [3.05, 3.63) is 70.2 Å². The van der Waals surface area contributed by atoms with Gasteiger partial charge in [0.1, 0.15) is 0 Å². The molecule has 0 saturated carbocycles. The predicted octanol–water partition coefficient (Wildman–Crippen LogP) is 4.81. The second-order valence-electron chi connectivity index (χ2n) is 6.75. The molecule has 2 aromatic carbocycles. The summed E-state index contributed by atoms with van der Waals surface area (Å²) < 4.78 is 0. The minimum atomic E-state index is -0.586. The summed E-state index contributed by atoms with van der Waals surface area (Å²) in [5, 5.41) is 3.94. The first-order valence-electron chi connectivity index (χ1n) is 8.13. The maximum Gasteiger partial charge on any atom is 0.230 e. The van der Waals surface area contributed by atoms with Crippen molar-refractivity contribution in [2.75, 3.05) is 0 Å². The van der Waals surface area contributed by atoms with E-state index in [0.717, 1.165) is 24.8 Å². The molecular weight excluding hydrogens is 306 g/mol. The van der Waals surface area contributed by atoms with Crippen LogP contribution in [0.25, 0.3) is 0 Å². The smallest absolute Gasteiger partial charge is 0.230 e. The van der Waals surface area contributed by atoms with Crippen LogP contribution in [-0.4, -0.2) is 5.91 Å². The van der Waals surface area contributed by atoms with E-state index in [4.69, 9.17) is 11.6 Å². The van der Waals surface area contributed by atoms with Gasteiger partial charge in [-0.3, -0.25) is 4.79 Å². The van der Waals surface area contributed by atoms with Crippen molar-refractivity contribution in [1.82, 2.24) is 5.32 Å². The number of fused-ring (bicyclic) bond motifs is 1. The fourth-order valence-corrected chi connectivity index (χ4v) is 3.37. The molecule has 0 aromatic heterocycles. The number of carbonyl (C=O) groups is 1. The summed E-state index contributed by atoms with van der Waals surface area (Å²) in [7, 11) is 0. The largest absolute Gasteiger partial charge is 0.349 e. The van der Waals surface area contributed by atoms with Gasteiger partial charge in [0.2, 0.25) is 5.91 Å². The zero-order valence-corrected chi connectivity index (χ0v) is 14.4. The molecule has 0 heterocycles. The summed E-state index contributed by atoms with van der Waals surface area (Å²) in [5.74, 6) is 0.0570. The number of benzene rings is 2. The predicted molar refractivity (Wildman–Crippen MR) is 94.7 cm³/mol. The molecule has 1 atom stereocenters. The molecule has 1 amide bonds. The zero-order valence-electron chi connectivity index (χ0n) is 13.6. The van der Waals surface area contributed by atoms with E-state index in [-0.39, 0.29) is 11.9 Å². The number of hydrogen-bond donors (Lipinski definition) is 1.